The van der Waals surface area contributed by atoms with Gasteiger partial charge in [-0.2, -0.15) is 0 Å². The lowest BCUT2D eigenvalue weighted by Gasteiger charge is -2.27. The summed E-state index contributed by atoms with van der Waals surface area (Å²) in [6.45, 7) is 2.32. The van der Waals surface area contributed by atoms with Crippen molar-refractivity contribution in [3.63, 3.8) is 0 Å². The Kier molecular flexibility index (Phi) is 5.40. The number of rotatable bonds is 5. The van der Waals surface area contributed by atoms with Gasteiger partial charge in [-0.25, -0.2) is 0 Å². The van der Waals surface area contributed by atoms with E-state index in [1.807, 2.05) is 42.9 Å². The van der Waals surface area contributed by atoms with Gasteiger partial charge in [-0.3, -0.25) is 19.9 Å². The van der Waals surface area contributed by atoms with Crippen LogP contribution in [0.3, 0.4) is 0 Å². The van der Waals surface area contributed by atoms with Crippen molar-refractivity contribution in [2.75, 3.05) is 0 Å². The Balaban J connectivity index is 1.58. The summed E-state index contributed by atoms with van der Waals surface area (Å²) < 4.78 is 0. The zero-order chi connectivity index (χ0) is 21.8. The van der Waals surface area contributed by atoms with Gasteiger partial charge in [-0.15, -0.1) is 0 Å². The third-order valence-corrected chi connectivity index (χ3v) is 9.99. The molecule has 0 aliphatic heterocycles. The van der Waals surface area contributed by atoms with Gasteiger partial charge >= 0.3 is 0 Å². The van der Waals surface area contributed by atoms with Gasteiger partial charge in [0, 0.05) is 58.3 Å². The van der Waals surface area contributed by atoms with E-state index in [0.29, 0.717) is 0 Å². The lowest BCUT2D eigenvalue weighted by atomic mass is 10.1. The summed E-state index contributed by atoms with van der Waals surface area (Å²) in [5, 5.41) is 3.43. The van der Waals surface area contributed by atoms with E-state index in [2.05, 4.69) is 77.2 Å². The molecule has 1 aromatic carbocycles. The highest BCUT2D eigenvalue weighted by atomic mass is 28.3. The molecular formula is C27H22N4Si. The van der Waals surface area contributed by atoms with Gasteiger partial charge in [0.15, 0.2) is 8.07 Å². The fourth-order valence-corrected chi connectivity index (χ4v) is 7.16. The molecule has 0 amide bonds. The van der Waals surface area contributed by atoms with Crippen LogP contribution in [-0.2, 0) is 0 Å². The fraction of sp³-hybridized carbons (Fsp3) is 0.0370. The van der Waals surface area contributed by atoms with Gasteiger partial charge in [0.05, 0.1) is 5.69 Å². The Labute approximate surface area is 188 Å². The number of nitrogens with zero attached hydrogens (tertiary/aromatic N) is 4. The SMILES string of the molecule is C[Si](c1ccccc1)(c1ccc(-c2cccnc2)cn1)c1ccc(-c2ccccn2)cn1. The molecule has 0 saturated heterocycles. The highest BCUT2D eigenvalue weighted by Gasteiger charge is 2.37. The molecule has 0 radical (unpaired) electrons. The molecule has 4 aromatic heterocycles. The minimum atomic E-state index is -2.38. The molecule has 1 atom stereocenters. The van der Waals surface area contributed by atoms with Gasteiger partial charge in [0.25, 0.3) is 0 Å². The maximum Gasteiger partial charge on any atom is 0.190 e. The monoisotopic (exact) mass is 430 g/mol. The van der Waals surface area contributed by atoms with E-state index in [0.717, 1.165) is 33.0 Å². The first-order chi connectivity index (χ1) is 15.7. The Hall–Kier alpha value is -3.96. The number of hydrogen-bond acceptors (Lipinski definition) is 4. The summed E-state index contributed by atoms with van der Waals surface area (Å²) in [7, 11) is -2.38. The normalized spacial score (nSPS) is 12.8. The predicted molar refractivity (Wildman–Crippen MR) is 132 cm³/mol. The van der Waals surface area contributed by atoms with Crippen LogP contribution in [0.5, 0.6) is 0 Å². The van der Waals surface area contributed by atoms with Gasteiger partial charge in [0.1, 0.15) is 0 Å². The van der Waals surface area contributed by atoms with Crippen LogP contribution in [0.1, 0.15) is 0 Å². The standard InChI is InChI=1S/C27H22N4Si/c1-32(24-9-3-2-4-10-24,26-14-12-22(19-30-26)21-8-7-16-28-18-21)27-15-13-23(20-31-27)25-11-5-6-17-29-25/h2-20H,1H3. The van der Waals surface area contributed by atoms with E-state index in [4.69, 9.17) is 9.97 Å². The highest BCUT2D eigenvalue weighted by Crippen LogP contribution is 2.17. The lowest BCUT2D eigenvalue weighted by molar-refractivity contribution is 1.29. The van der Waals surface area contributed by atoms with E-state index in [1.54, 1.807) is 12.4 Å². The third kappa shape index (κ3) is 3.74. The molecule has 0 fully saturated rings. The van der Waals surface area contributed by atoms with Crippen molar-refractivity contribution in [2.24, 2.45) is 0 Å². The number of aromatic nitrogens is 4. The minimum absolute atomic E-state index is 0.925. The fourth-order valence-electron chi connectivity index (χ4n) is 3.97. The molecule has 0 bridgehead atoms. The Morgan fingerprint density at radius 2 is 1.22 bits per heavy atom. The average molecular weight is 431 g/mol. The van der Waals surface area contributed by atoms with Crippen molar-refractivity contribution in [3.05, 3.63) is 116 Å². The molecule has 0 spiro atoms. The van der Waals surface area contributed by atoms with E-state index in [1.165, 1.54) is 5.19 Å². The van der Waals surface area contributed by atoms with Gasteiger partial charge < -0.3 is 0 Å². The maximum absolute atomic E-state index is 4.94. The molecule has 32 heavy (non-hydrogen) atoms. The first-order valence-corrected chi connectivity index (χ1v) is 13.1. The molecule has 0 saturated carbocycles. The van der Waals surface area contributed by atoms with Gasteiger partial charge in [0.2, 0.25) is 0 Å². The Bertz CT molecular complexity index is 1210. The molecule has 0 aliphatic rings. The topological polar surface area (TPSA) is 51.6 Å². The van der Waals surface area contributed by atoms with Crippen LogP contribution in [0.2, 0.25) is 6.55 Å². The summed E-state index contributed by atoms with van der Waals surface area (Å²) >= 11 is 0. The minimum Gasteiger partial charge on any atom is -0.265 e. The average Bonchev–Trinajstić information content (AvgIpc) is 2.90. The molecule has 5 rings (SSSR count). The molecule has 1 unspecified atom stereocenters. The summed E-state index contributed by atoms with van der Waals surface area (Å²) in [6, 6.07) is 29.1. The van der Waals surface area contributed by atoms with Crippen molar-refractivity contribution in [2.45, 2.75) is 6.55 Å². The van der Waals surface area contributed by atoms with Crippen molar-refractivity contribution in [1.82, 2.24) is 19.9 Å². The van der Waals surface area contributed by atoms with Crippen LogP contribution in [-0.4, -0.2) is 28.0 Å². The number of hydrogen-bond donors (Lipinski definition) is 0. The first kappa shape index (κ1) is 20.0. The molecule has 154 valence electrons. The van der Waals surface area contributed by atoms with Crippen LogP contribution < -0.4 is 15.8 Å². The second-order valence-electron chi connectivity index (χ2n) is 7.81. The first-order valence-electron chi connectivity index (χ1n) is 10.6. The van der Waals surface area contributed by atoms with E-state index in [-0.39, 0.29) is 0 Å². The molecule has 4 nitrogen and oxygen atoms in total. The molecular weight excluding hydrogens is 408 g/mol. The lowest BCUT2D eigenvalue weighted by Crippen LogP contribution is -2.66. The van der Waals surface area contributed by atoms with E-state index >= 15 is 0 Å². The van der Waals surface area contributed by atoms with Gasteiger partial charge in [-0.1, -0.05) is 55.1 Å². The second-order valence-corrected chi connectivity index (χ2v) is 11.7. The van der Waals surface area contributed by atoms with Crippen LogP contribution in [0.25, 0.3) is 22.4 Å². The summed E-state index contributed by atoms with van der Waals surface area (Å²) in [4.78, 5) is 18.6. The maximum atomic E-state index is 4.94. The van der Waals surface area contributed by atoms with Crippen LogP contribution in [0, 0.1) is 0 Å². The van der Waals surface area contributed by atoms with Crippen molar-refractivity contribution < 1.29 is 0 Å². The third-order valence-electron chi connectivity index (χ3n) is 5.86. The van der Waals surface area contributed by atoms with Crippen LogP contribution in [0.15, 0.2) is 116 Å². The Morgan fingerprint density at radius 3 is 1.81 bits per heavy atom. The second kappa shape index (κ2) is 8.65. The molecule has 5 aromatic rings. The molecule has 5 heteroatoms. The van der Waals surface area contributed by atoms with E-state index in [9.17, 15) is 0 Å². The quantitative estimate of drug-likeness (QED) is 0.399. The summed E-state index contributed by atoms with van der Waals surface area (Å²) in [5.74, 6) is 0. The predicted octanol–water partition coefficient (Wildman–Crippen LogP) is 3.70. The smallest absolute Gasteiger partial charge is 0.190 e. The van der Waals surface area contributed by atoms with Gasteiger partial charge in [-0.05, 0) is 41.6 Å². The van der Waals surface area contributed by atoms with Crippen LogP contribution in [0.4, 0.5) is 0 Å². The molecule has 0 aliphatic carbocycles. The van der Waals surface area contributed by atoms with Crippen LogP contribution >= 0.6 is 0 Å². The van der Waals surface area contributed by atoms with Crippen molar-refractivity contribution >= 4 is 23.9 Å². The molecule has 0 N–H and O–H groups in total. The summed E-state index contributed by atoms with van der Waals surface area (Å²) in [5.41, 5.74) is 4.06. The molecule has 4 heterocycles. The van der Waals surface area contributed by atoms with E-state index < -0.39 is 8.07 Å². The zero-order valence-electron chi connectivity index (χ0n) is 17.8. The number of benzene rings is 1. The highest BCUT2D eigenvalue weighted by molar-refractivity contribution is 7.09. The van der Waals surface area contributed by atoms with Crippen molar-refractivity contribution in [1.29, 1.82) is 0 Å². The largest absolute Gasteiger partial charge is 0.265 e. The summed E-state index contributed by atoms with van der Waals surface area (Å²) in [6.07, 6.45) is 9.33. The number of pyridine rings is 4. The Morgan fingerprint density at radius 1 is 0.531 bits per heavy atom. The van der Waals surface area contributed by atoms with Crippen molar-refractivity contribution in [3.8, 4) is 22.4 Å². The zero-order valence-corrected chi connectivity index (χ0v) is 18.8.